The van der Waals surface area contributed by atoms with Gasteiger partial charge in [-0.15, -0.1) is 0 Å². The highest BCUT2D eigenvalue weighted by atomic mass is 79.9. The third-order valence-corrected chi connectivity index (χ3v) is 4.06. The highest BCUT2D eigenvalue weighted by molar-refractivity contribution is 9.10. The Labute approximate surface area is 132 Å². The highest BCUT2D eigenvalue weighted by Gasteiger charge is 2.19. The van der Waals surface area contributed by atoms with E-state index in [-0.39, 0.29) is 6.04 Å². The molecule has 0 saturated heterocycles. The molecule has 4 nitrogen and oxygen atoms in total. The lowest BCUT2D eigenvalue weighted by Crippen LogP contribution is -2.13. The van der Waals surface area contributed by atoms with Gasteiger partial charge in [-0.2, -0.15) is 0 Å². The van der Waals surface area contributed by atoms with Crippen LogP contribution in [0.4, 0.5) is 0 Å². The zero-order valence-corrected chi connectivity index (χ0v) is 13.8. The molecule has 1 unspecified atom stereocenters. The maximum Gasteiger partial charge on any atom is 0.141 e. The fourth-order valence-electron chi connectivity index (χ4n) is 2.18. The van der Waals surface area contributed by atoms with Gasteiger partial charge in [0.05, 0.1) is 27.4 Å². The van der Waals surface area contributed by atoms with Gasteiger partial charge in [0.2, 0.25) is 0 Å². The molecule has 0 fully saturated rings. The molecule has 2 aromatic rings. The molecule has 0 aliphatic heterocycles. The number of methoxy groups -OCH3 is 3. The predicted molar refractivity (Wildman–Crippen MR) is 86.3 cm³/mol. The van der Waals surface area contributed by atoms with Crippen LogP contribution in [0.1, 0.15) is 17.2 Å². The van der Waals surface area contributed by atoms with Gasteiger partial charge in [-0.25, -0.2) is 0 Å². The lowest BCUT2D eigenvalue weighted by Gasteiger charge is -2.19. The normalized spacial score (nSPS) is 11.9. The van der Waals surface area contributed by atoms with E-state index in [4.69, 9.17) is 19.9 Å². The first-order chi connectivity index (χ1) is 10.1. The van der Waals surface area contributed by atoms with Crippen LogP contribution in [-0.2, 0) is 0 Å². The van der Waals surface area contributed by atoms with E-state index in [1.807, 2.05) is 36.4 Å². The van der Waals surface area contributed by atoms with Crippen LogP contribution in [0, 0.1) is 0 Å². The number of hydrogen-bond acceptors (Lipinski definition) is 4. The van der Waals surface area contributed by atoms with Crippen LogP contribution in [-0.4, -0.2) is 21.3 Å². The van der Waals surface area contributed by atoms with E-state index in [2.05, 4.69) is 15.9 Å². The Morgan fingerprint density at radius 1 is 1.00 bits per heavy atom. The van der Waals surface area contributed by atoms with Crippen molar-refractivity contribution in [3.05, 3.63) is 52.0 Å². The number of benzene rings is 2. The zero-order valence-electron chi connectivity index (χ0n) is 12.2. The summed E-state index contributed by atoms with van der Waals surface area (Å²) in [6, 6.07) is 11.1. The minimum absolute atomic E-state index is 0.322. The van der Waals surface area contributed by atoms with Crippen LogP contribution in [0.2, 0.25) is 0 Å². The molecule has 0 saturated carbocycles. The number of ether oxygens (including phenoxy) is 3. The Hall–Kier alpha value is -1.72. The molecule has 21 heavy (non-hydrogen) atoms. The van der Waals surface area contributed by atoms with Crippen molar-refractivity contribution in [1.82, 2.24) is 0 Å². The van der Waals surface area contributed by atoms with Crippen LogP contribution in [0.15, 0.2) is 40.9 Å². The molecule has 2 N–H and O–H groups in total. The van der Waals surface area contributed by atoms with E-state index in [0.29, 0.717) is 11.5 Å². The SMILES string of the molecule is COc1cccc(C(N)c2ccc(OC)c(Br)c2OC)c1. The summed E-state index contributed by atoms with van der Waals surface area (Å²) >= 11 is 3.49. The number of rotatable bonds is 5. The second-order valence-corrected chi connectivity index (χ2v) is 5.25. The fraction of sp³-hybridized carbons (Fsp3) is 0.250. The van der Waals surface area contributed by atoms with Crippen LogP contribution >= 0.6 is 15.9 Å². The molecule has 1 atom stereocenters. The molecular weight excluding hydrogens is 334 g/mol. The molecule has 5 heteroatoms. The molecule has 0 radical (unpaired) electrons. The highest BCUT2D eigenvalue weighted by Crippen LogP contribution is 2.40. The van der Waals surface area contributed by atoms with Gasteiger partial charge >= 0.3 is 0 Å². The summed E-state index contributed by atoms with van der Waals surface area (Å²) in [5.41, 5.74) is 8.20. The lowest BCUT2D eigenvalue weighted by atomic mass is 9.98. The van der Waals surface area contributed by atoms with Crippen molar-refractivity contribution in [1.29, 1.82) is 0 Å². The average molecular weight is 352 g/mol. The third kappa shape index (κ3) is 3.14. The first-order valence-electron chi connectivity index (χ1n) is 6.42. The standard InChI is InChI=1S/C16H18BrNO3/c1-19-11-6-4-5-10(9-11)15(18)12-7-8-13(20-2)14(17)16(12)21-3/h4-9,15H,18H2,1-3H3. The summed E-state index contributed by atoms with van der Waals surface area (Å²) in [6.45, 7) is 0. The van der Waals surface area contributed by atoms with Crippen molar-refractivity contribution < 1.29 is 14.2 Å². The quantitative estimate of drug-likeness (QED) is 0.895. The zero-order chi connectivity index (χ0) is 15.4. The molecule has 2 rings (SSSR count). The van der Waals surface area contributed by atoms with Crippen molar-refractivity contribution in [3.63, 3.8) is 0 Å². The van der Waals surface area contributed by atoms with Crippen LogP contribution in [0.5, 0.6) is 17.2 Å². The molecule has 0 bridgehead atoms. The Morgan fingerprint density at radius 2 is 1.76 bits per heavy atom. The van der Waals surface area contributed by atoms with Gasteiger partial charge in [-0.3, -0.25) is 0 Å². The van der Waals surface area contributed by atoms with Gasteiger partial charge in [-0.05, 0) is 45.8 Å². The van der Waals surface area contributed by atoms with E-state index in [0.717, 1.165) is 21.3 Å². The summed E-state index contributed by atoms with van der Waals surface area (Å²) < 4.78 is 16.8. The van der Waals surface area contributed by atoms with Crippen molar-refractivity contribution in [2.75, 3.05) is 21.3 Å². The lowest BCUT2D eigenvalue weighted by molar-refractivity contribution is 0.385. The molecule has 0 aliphatic rings. The molecule has 0 aliphatic carbocycles. The van der Waals surface area contributed by atoms with E-state index < -0.39 is 0 Å². The van der Waals surface area contributed by atoms with Crippen molar-refractivity contribution >= 4 is 15.9 Å². The molecule has 2 aromatic carbocycles. The second kappa shape index (κ2) is 6.83. The van der Waals surface area contributed by atoms with Gasteiger partial charge in [-0.1, -0.05) is 12.1 Å². The summed E-state index contributed by atoms with van der Waals surface area (Å²) in [7, 11) is 4.86. The van der Waals surface area contributed by atoms with Gasteiger partial charge in [0.15, 0.2) is 0 Å². The molecular formula is C16H18BrNO3. The van der Waals surface area contributed by atoms with E-state index in [1.54, 1.807) is 21.3 Å². The van der Waals surface area contributed by atoms with Gasteiger partial charge in [0.25, 0.3) is 0 Å². The molecule has 112 valence electrons. The molecule has 0 heterocycles. The Bertz CT molecular complexity index is 631. The van der Waals surface area contributed by atoms with Crippen molar-refractivity contribution in [2.24, 2.45) is 5.73 Å². The average Bonchev–Trinajstić information content (AvgIpc) is 2.53. The summed E-state index contributed by atoms with van der Waals surface area (Å²) in [4.78, 5) is 0. The molecule has 0 spiro atoms. The molecule has 0 aromatic heterocycles. The first-order valence-corrected chi connectivity index (χ1v) is 7.21. The monoisotopic (exact) mass is 351 g/mol. The van der Waals surface area contributed by atoms with Gasteiger partial charge < -0.3 is 19.9 Å². The molecule has 0 amide bonds. The maximum atomic E-state index is 6.38. The minimum atomic E-state index is -0.322. The van der Waals surface area contributed by atoms with E-state index >= 15 is 0 Å². The van der Waals surface area contributed by atoms with Crippen molar-refractivity contribution in [2.45, 2.75) is 6.04 Å². The number of hydrogen-bond donors (Lipinski definition) is 1. The second-order valence-electron chi connectivity index (χ2n) is 4.46. The minimum Gasteiger partial charge on any atom is -0.497 e. The first kappa shape index (κ1) is 15.7. The Kier molecular flexibility index (Phi) is 5.09. The van der Waals surface area contributed by atoms with Crippen LogP contribution in [0.3, 0.4) is 0 Å². The van der Waals surface area contributed by atoms with Crippen LogP contribution < -0.4 is 19.9 Å². The van der Waals surface area contributed by atoms with Gasteiger partial charge in [0.1, 0.15) is 21.7 Å². The summed E-state index contributed by atoms with van der Waals surface area (Å²) in [5.74, 6) is 2.15. The van der Waals surface area contributed by atoms with Crippen LogP contribution in [0.25, 0.3) is 0 Å². The summed E-state index contributed by atoms with van der Waals surface area (Å²) in [5, 5.41) is 0. The largest absolute Gasteiger partial charge is 0.497 e. The van der Waals surface area contributed by atoms with Gasteiger partial charge in [0, 0.05) is 5.56 Å². The fourth-order valence-corrected chi connectivity index (χ4v) is 2.86. The maximum absolute atomic E-state index is 6.38. The number of nitrogens with two attached hydrogens (primary N) is 1. The van der Waals surface area contributed by atoms with E-state index in [9.17, 15) is 0 Å². The Balaban J connectivity index is 2.47. The predicted octanol–water partition coefficient (Wildman–Crippen LogP) is 3.52. The summed E-state index contributed by atoms with van der Waals surface area (Å²) in [6.07, 6.45) is 0. The topological polar surface area (TPSA) is 53.7 Å². The third-order valence-electron chi connectivity index (χ3n) is 3.30. The number of halogens is 1. The van der Waals surface area contributed by atoms with E-state index in [1.165, 1.54) is 0 Å². The van der Waals surface area contributed by atoms with Crippen molar-refractivity contribution in [3.8, 4) is 17.2 Å². The Morgan fingerprint density at radius 3 is 2.38 bits per heavy atom. The smallest absolute Gasteiger partial charge is 0.141 e.